The average molecular weight is 329 g/mol. The molecular formula is C15H24N2O2S2. The summed E-state index contributed by atoms with van der Waals surface area (Å²) < 4.78 is 27.5. The minimum atomic E-state index is -3.38. The van der Waals surface area contributed by atoms with E-state index >= 15 is 0 Å². The molecule has 1 heterocycles. The molecule has 21 heavy (non-hydrogen) atoms. The molecule has 0 aromatic heterocycles. The van der Waals surface area contributed by atoms with E-state index in [2.05, 4.69) is 5.32 Å². The number of nitrogens with one attached hydrogen (secondary N) is 1. The Morgan fingerprint density at radius 1 is 1.19 bits per heavy atom. The van der Waals surface area contributed by atoms with Gasteiger partial charge in [-0.15, -0.1) is 0 Å². The number of aryl methyl sites for hydroxylation is 2. The van der Waals surface area contributed by atoms with Crippen LogP contribution in [-0.2, 0) is 16.6 Å². The molecule has 0 radical (unpaired) electrons. The van der Waals surface area contributed by atoms with E-state index in [-0.39, 0.29) is 0 Å². The Balaban J connectivity index is 2.40. The Bertz CT molecular complexity index is 592. The smallest absolute Gasteiger partial charge is 0.243 e. The van der Waals surface area contributed by atoms with E-state index in [1.165, 1.54) is 0 Å². The van der Waals surface area contributed by atoms with Crippen molar-refractivity contribution in [3.05, 3.63) is 28.8 Å². The molecule has 118 valence electrons. The molecule has 0 aliphatic carbocycles. The highest BCUT2D eigenvalue weighted by Gasteiger charge is 2.27. The summed E-state index contributed by atoms with van der Waals surface area (Å²) >= 11 is 1.83. The van der Waals surface area contributed by atoms with Crippen molar-refractivity contribution in [2.75, 3.05) is 31.6 Å². The lowest BCUT2D eigenvalue weighted by atomic mass is 10.1. The van der Waals surface area contributed by atoms with Crippen LogP contribution in [-0.4, -0.2) is 44.4 Å². The van der Waals surface area contributed by atoms with E-state index in [1.807, 2.05) is 44.8 Å². The summed E-state index contributed by atoms with van der Waals surface area (Å²) in [5.74, 6) is 1.93. The van der Waals surface area contributed by atoms with Gasteiger partial charge in [0.1, 0.15) is 0 Å². The first-order valence-corrected chi connectivity index (χ1v) is 9.89. The maximum Gasteiger partial charge on any atom is 0.243 e. The second-order valence-electron chi connectivity index (χ2n) is 5.44. The minimum absolute atomic E-state index is 0.463. The minimum Gasteiger partial charge on any atom is -0.316 e. The van der Waals surface area contributed by atoms with Crippen molar-refractivity contribution in [3.8, 4) is 0 Å². The Kier molecular flexibility index (Phi) is 5.71. The Morgan fingerprint density at radius 2 is 1.95 bits per heavy atom. The van der Waals surface area contributed by atoms with Gasteiger partial charge in [0.15, 0.2) is 0 Å². The number of thioether (sulfide) groups is 1. The predicted octanol–water partition coefficient (Wildman–Crippen LogP) is 2.15. The summed E-state index contributed by atoms with van der Waals surface area (Å²) in [6, 6.07) is 3.82. The Hall–Kier alpha value is -0.560. The third kappa shape index (κ3) is 3.80. The fourth-order valence-corrected chi connectivity index (χ4v) is 5.37. The summed E-state index contributed by atoms with van der Waals surface area (Å²) in [4.78, 5) is 0.463. The molecule has 1 aromatic rings. The number of benzene rings is 1. The molecule has 0 amide bonds. The van der Waals surface area contributed by atoms with Crippen molar-refractivity contribution in [3.63, 3.8) is 0 Å². The topological polar surface area (TPSA) is 49.4 Å². The van der Waals surface area contributed by atoms with Crippen LogP contribution in [0, 0.1) is 13.8 Å². The van der Waals surface area contributed by atoms with Crippen LogP contribution < -0.4 is 5.32 Å². The van der Waals surface area contributed by atoms with Gasteiger partial charge in [0.05, 0.1) is 4.90 Å². The van der Waals surface area contributed by atoms with Gasteiger partial charge in [-0.3, -0.25) is 0 Å². The number of hydrogen-bond acceptors (Lipinski definition) is 4. The average Bonchev–Trinajstić information content (AvgIpc) is 2.71. The van der Waals surface area contributed by atoms with Crippen molar-refractivity contribution in [2.45, 2.75) is 31.7 Å². The Morgan fingerprint density at radius 3 is 2.67 bits per heavy atom. The van der Waals surface area contributed by atoms with Crippen molar-refractivity contribution in [2.24, 2.45) is 0 Å². The summed E-state index contributed by atoms with van der Waals surface area (Å²) in [6.07, 6.45) is 0.929. The fraction of sp³-hybridized carbons (Fsp3) is 0.600. The molecular weight excluding hydrogens is 304 g/mol. The van der Waals surface area contributed by atoms with E-state index in [0.717, 1.165) is 34.6 Å². The number of nitrogens with zero attached hydrogens (tertiary/aromatic N) is 1. The van der Waals surface area contributed by atoms with Gasteiger partial charge in [0, 0.05) is 25.4 Å². The van der Waals surface area contributed by atoms with Gasteiger partial charge >= 0.3 is 0 Å². The van der Waals surface area contributed by atoms with Gasteiger partial charge in [-0.25, -0.2) is 8.42 Å². The van der Waals surface area contributed by atoms with E-state index in [4.69, 9.17) is 0 Å². The van der Waals surface area contributed by atoms with Crippen molar-refractivity contribution in [1.82, 2.24) is 9.62 Å². The lowest BCUT2D eigenvalue weighted by molar-refractivity contribution is 0.434. The lowest BCUT2D eigenvalue weighted by Crippen LogP contribution is -2.33. The molecule has 0 atom stereocenters. The van der Waals surface area contributed by atoms with Crippen molar-refractivity contribution in [1.29, 1.82) is 0 Å². The molecule has 0 unspecified atom stereocenters. The monoisotopic (exact) mass is 328 g/mol. The van der Waals surface area contributed by atoms with E-state index in [1.54, 1.807) is 4.31 Å². The molecule has 2 rings (SSSR count). The molecule has 6 heteroatoms. The maximum atomic E-state index is 12.9. The van der Waals surface area contributed by atoms with Crippen LogP contribution in [0.1, 0.15) is 23.1 Å². The molecule has 1 aromatic carbocycles. The first kappa shape index (κ1) is 16.8. The van der Waals surface area contributed by atoms with Gasteiger partial charge in [0.2, 0.25) is 10.0 Å². The third-order valence-electron chi connectivity index (χ3n) is 3.80. The summed E-state index contributed by atoms with van der Waals surface area (Å²) in [5, 5.41) is 3.10. The SMILES string of the molecule is CNCc1cc(S(=O)(=O)N2CCCSCC2)c(C)cc1C. The third-order valence-corrected chi connectivity index (χ3v) is 6.89. The first-order chi connectivity index (χ1) is 9.96. The number of rotatable bonds is 4. The molecule has 1 saturated heterocycles. The van der Waals surface area contributed by atoms with Gasteiger partial charge < -0.3 is 5.32 Å². The highest BCUT2D eigenvalue weighted by molar-refractivity contribution is 7.99. The quantitative estimate of drug-likeness (QED) is 0.920. The van der Waals surface area contributed by atoms with Crippen LogP contribution in [0.3, 0.4) is 0 Å². The van der Waals surface area contributed by atoms with Crippen molar-refractivity contribution >= 4 is 21.8 Å². The van der Waals surface area contributed by atoms with E-state index in [9.17, 15) is 8.42 Å². The van der Waals surface area contributed by atoms with Gasteiger partial charge in [0.25, 0.3) is 0 Å². The van der Waals surface area contributed by atoms with Crippen LogP contribution in [0.5, 0.6) is 0 Å². The second-order valence-corrected chi connectivity index (χ2v) is 8.58. The Labute approximate surface area is 132 Å². The maximum absolute atomic E-state index is 12.9. The van der Waals surface area contributed by atoms with Crippen LogP contribution in [0.25, 0.3) is 0 Å². The molecule has 1 aliphatic rings. The lowest BCUT2D eigenvalue weighted by Gasteiger charge is -2.22. The van der Waals surface area contributed by atoms with E-state index < -0.39 is 10.0 Å². The largest absolute Gasteiger partial charge is 0.316 e. The second kappa shape index (κ2) is 7.13. The van der Waals surface area contributed by atoms with Gasteiger partial charge in [-0.1, -0.05) is 6.07 Å². The standard InChI is InChI=1S/C15H24N2O2S2/c1-12-9-13(2)15(10-14(12)11-16-3)21(18,19)17-5-4-7-20-8-6-17/h9-10,16H,4-8,11H2,1-3H3. The van der Waals surface area contributed by atoms with Gasteiger partial charge in [-0.2, -0.15) is 16.1 Å². The van der Waals surface area contributed by atoms with Crippen LogP contribution in [0.4, 0.5) is 0 Å². The van der Waals surface area contributed by atoms with Crippen LogP contribution in [0.15, 0.2) is 17.0 Å². The zero-order chi connectivity index (χ0) is 15.5. The molecule has 0 spiro atoms. The molecule has 4 nitrogen and oxygen atoms in total. The van der Waals surface area contributed by atoms with Crippen LogP contribution in [0.2, 0.25) is 0 Å². The van der Waals surface area contributed by atoms with Crippen LogP contribution >= 0.6 is 11.8 Å². The molecule has 0 saturated carbocycles. The predicted molar refractivity (Wildman–Crippen MR) is 89.4 cm³/mol. The normalized spacial score (nSPS) is 17.7. The first-order valence-electron chi connectivity index (χ1n) is 7.29. The van der Waals surface area contributed by atoms with Crippen molar-refractivity contribution < 1.29 is 8.42 Å². The van der Waals surface area contributed by atoms with E-state index in [0.29, 0.717) is 24.5 Å². The molecule has 0 bridgehead atoms. The molecule has 1 aliphatic heterocycles. The molecule has 1 N–H and O–H groups in total. The zero-order valence-corrected chi connectivity index (χ0v) is 14.6. The highest BCUT2D eigenvalue weighted by Crippen LogP contribution is 2.25. The summed E-state index contributed by atoms with van der Waals surface area (Å²) in [5.41, 5.74) is 3.02. The number of hydrogen-bond donors (Lipinski definition) is 1. The highest BCUT2D eigenvalue weighted by atomic mass is 32.2. The molecule has 1 fully saturated rings. The van der Waals surface area contributed by atoms with Gasteiger partial charge in [-0.05, 0) is 55.8 Å². The number of sulfonamides is 1. The summed E-state index contributed by atoms with van der Waals surface area (Å²) in [6.45, 7) is 5.84. The summed E-state index contributed by atoms with van der Waals surface area (Å²) in [7, 11) is -1.51. The fourth-order valence-electron chi connectivity index (χ4n) is 2.64. The zero-order valence-electron chi connectivity index (χ0n) is 13.0.